The normalized spacial score (nSPS) is 15.2. The number of benzene rings is 2. The summed E-state index contributed by atoms with van der Waals surface area (Å²) < 4.78 is 5.13. The minimum atomic E-state index is -0.335. The molecule has 0 saturated carbocycles. The maximum absolute atomic E-state index is 12.4. The number of amides is 1. The van der Waals surface area contributed by atoms with Crippen LogP contribution in [0.3, 0.4) is 0 Å². The zero-order chi connectivity index (χ0) is 18.4. The molecule has 0 radical (unpaired) electrons. The molecule has 138 valence electrons. The van der Waals surface area contributed by atoms with E-state index < -0.39 is 0 Å². The molecule has 1 fully saturated rings. The molecule has 1 heterocycles. The first kappa shape index (κ1) is 18.1. The maximum atomic E-state index is 12.4. The van der Waals surface area contributed by atoms with Crippen LogP contribution in [0.1, 0.15) is 26.2 Å². The highest BCUT2D eigenvalue weighted by Gasteiger charge is 2.14. The van der Waals surface area contributed by atoms with Crippen LogP contribution in [0.25, 0.3) is 0 Å². The van der Waals surface area contributed by atoms with E-state index in [1.807, 2.05) is 43.3 Å². The van der Waals surface area contributed by atoms with E-state index in [4.69, 9.17) is 4.74 Å². The molecule has 0 bridgehead atoms. The minimum absolute atomic E-state index is 0.0738. The van der Waals surface area contributed by atoms with Gasteiger partial charge in [-0.2, -0.15) is 0 Å². The molecule has 1 aliphatic heterocycles. The predicted molar refractivity (Wildman–Crippen MR) is 107 cm³/mol. The predicted octanol–water partition coefficient (Wildman–Crippen LogP) is 4.12. The van der Waals surface area contributed by atoms with E-state index in [0.29, 0.717) is 0 Å². The van der Waals surface area contributed by atoms with Gasteiger partial charge >= 0.3 is 0 Å². The quantitative estimate of drug-likeness (QED) is 0.820. The van der Waals surface area contributed by atoms with Crippen LogP contribution >= 0.6 is 0 Å². The summed E-state index contributed by atoms with van der Waals surface area (Å²) in [6.45, 7) is 4.12. The SMILES string of the molecule is COc1ccc(NC(=O)C(C)Nc2ccc(N3CCCCC3)cc2)cc1. The van der Waals surface area contributed by atoms with Crippen LogP contribution < -0.4 is 20.3 Å². The molecule has 0 spiro atoms. The number of carbonyl (C=O) groups is 1. The van der Waals surface area contributed by atoms with Gasteiger partial charge in [0.1, 0.15) is 11.8 Å². The molecule has 26 heavy (non-hydrogen) atoms. The van der Waals surface area contributed by atoms with Crippen molar-refractivity contribution in [3.8, 4) is 5.75 Å². The molecule has 2 aromatic carbocycles. The van der Waals surface area contributed by atoms with E-state index in [1.54, 1.807) is 7.11 Å². The van der Waals surface area contributed by atoms with Gasteiger partial charge in [0.25, 0.3) is 0 Å². The Bertz CT molecular complexity index is 707. The summed E-state index contributed by atoms with van der Waals surface area (Å²) in [7, 11) is 1.62. The number of carbonyl (C=O) groups excluding carboxylic acids is 1. The van der Waals surface area contributed by atoms with E-state index in [1.165, 1.54) is 24.9 Å². The van der Waals surface area contributed by atoms with Crippen molar-refractivity contribution in [2.24, 2.45) is 0 Å². The third-order valence-electron chi connectivity index (χ3n) is 4.72. The van der Waals surface area contributed by atoms with E-state index in [0.717, 1.165) is 30.2 Å². The molecule has 0 aliphatic carbocycles. The summed E-state index contributed by atoms with van der Waals surface area (Å²) in [5.41, 5.74) is 2.96. The Labute approximate surface area is 155 Å². The number of nitrogens with one attached hydrogen (secondary N) is 2. The Hall–Kier alpha value is -2.69. The van der Waals surface area contributed by atoms with Crippen LogP contribution in [0.4, 0.5) is 17.1 Å². The minimum Gasteiger partial charge on any atom is -0.497 e. The Morgan fingerprint density at radius 2 is 1.58 bits per heavy atom. The second kappa shape index (κ2) is 8.61. The lowest BCUT2D eigenvalue weighted by molar-refractivity contribution is -0.116. The number of rotatable bonds is 6. The molecular formula is C21H27N3O2. The molecule has 1 unspecified atom stereocenters. The molecule has 1 amide bonds. The number of hydrogen-bond acceptors (Lipinski definition) is 4. The Morgan fingerprint density at radius 1 is 0.962 bits per heavy atom. The summed E-state index contributed by atoms with van der Waals surface area (Å²) in [5, 5.41) is 6.17. The Balaban J connectivity index is 1.54. The van der Waals surface area contributed by atoms with Crippen molar-refractivity contribution in [3.05, 3.63) is 48.5 Å². The zero-order valence-corrected chi connectivity index (χ0v) is 15.5. The molecule has 1 atom stereocenters. The fourth-order valence-electron chi connectivity index (χ4n) is 3.16. The van der Waals surface area contributed by atoms with Crippen molar-refractivity contribution in [2.75, 3.05) is 35.7 Å². The third kappa shape index (κ3) is 4.69. The Morgan fingerprint density at radius 3 is 2.19 bits per heavy atom. The van der Waals surface area contributed by atoms with Crippen molar-refractivity contribution in [1.29, 1.82) is 0 Å². The van der Waals surface area contributed by atoms with Gasteiger partial charge < -0.3 is 20.3 Å². The van der Waals surface area contributed by atoms with E-state index in [2.05, 4.69) is 27.7 Å². The average Bonchev–Trinajstić information content (AvgIpc) is 2.70. The van der Waals surface area contributed by atoms with E-state index in [-0.39, 0.29) is 11.9 Å². The van der Waals surface area contributed by atoms with Gasteiger partial charge in [-0.15, -0.1) is 0 Å². The van der Waals surface area contributed by atoms with Crippen molar-refractivity contribution < 1.29 is 9.53 Å². The number of ether oxygens (including phenoxy) is 1. The van der Waals surface area contributed by atoms with Gasteiger partial charge in [0.05, 0.1) is 7.11 Å². The largest absolute Gasteiger partial charge is 0.497 e. The first-order valence-electron chi connectivity index (χ1n) is 9.22. The molecular weight excluding hydrogens is 326 g/mol. The lowest BCUT2D eigenvalue weighted by Gasteiger charge is -2.29. The highest BCUT2D eigenvalue weighted by atomic mass is 16.5. The summed E-state index contributed by atoms with van der Waals surface area (Å²) in [5.74, 6) is 0.693. The second-order valence-electron chi connectivity index (χ2n) is 6.68. The highest BCUT2D eigenvalue weighted by Crippen LogP contribution is 2.22. The van der Waals surface area contributed by atoms with Crippen LogP contribution in [0, 0.1) is 0 Å². The first-order valence-corrected chi connectivity index (χ1v) is 9.22. The number of anilines is 3. The Kier molecular flexibility index (Phi) is 6.00. The molecule has 1 saturated heterocycles. The maximum Gasteiger partial charge on any atom is 0.246 e. The van der Waals surface area contributed by atoms with Gasteiger partial charge in [-0.1, -0.05) is 0 Å². The lowest BCUT2D eigenvalue weighted by atomic mass is 10.1. The first-order chi connectivity index (χ1) is 12.7. The van der Waals surface area contributed by atoms with E-state index in [9.17, 15) is 4.79 Å². The van der Waals surface area contributed by atoms with Crippen LogP contribution in [-0.4, -0.2) is 32.1 Å². The summed E-state index contributed by atoms with van der Waals surface area (Å²) in [6.07, 6.45) is 3.86. The summed E-state index contributed by atoms with van der Waals surface area (Å²) >= 11 is 0. The smallest absolute Gasteiger partial charge is 0.246 e. The van der Waals surface area contributed by atoms with Gasteiger partial charge in [0.15, 0.2) is 0 Å². The van der Waals surface area contributed by atoms with Crippen LogP contribution in [0.5, 0.6) is 5.75 Å². The fraction of sp³-hybridized carbons (Fsp3) is 0.381. The van der Waals surface area contributed by atoms with Gasteiger partial charge in [0, 0.05) is 30.2 Å². The van der Waals surface area contributed by atoms with Crippen molar-refractivity contribution in [1.82, 2.24) is 0 Å². The van der Waals surface area contributed by atoms with Crippen molar-refractivity contribution in [3.63, 3.8) is 0 Å². The topological polar surface area (TPSA) is 53.6 Å². The van der Waals surface area contributed by atoms with Crippen LogP contribution in [0.15, 0.2) is 48.5 Å². The van der Waals surface area contributed by atoms with Gasteiger partial charge in [-0.05, 0) is 74.7 Å². The number of piperidine rings is 1. The molecule has 2 N–H and O–H groups in total. The zero-order valence-electron chi connectivity index (χ0n) is 15.5. The van der Waals surface area contributed by atoms with Gasteiger partial charge in [-0.25, -0.2) is 0 Å². The second-order valence-corrected chi connectivity index (χ2v) is 6.68. The van der Waals surface area contributed by atoms with Crippen LogP contribution in [0.2, 0.25) is 0 Å². The van der Waals surface area contributed by atoms with E-state index >= 15 is 0 Å². The summed E-state index contributed by atoms with van der Waals surface area (Å²) in [6, 6.07) is 15.3. The molecule has 0 aromatic heterocycles. The highest BCUT2D eigenvalue weighted by molar-refractivity contribution is 5.96. The molecule has 5 nitrogen and oxygen atoms in total. The van der Waals surface area contributed by atoms with Crippen molar-refractivity contribution in [2.45, 2.75) is 32.2 Å². The standard InChI is InChI=1S/C21H27N3O2/c1-16(21(25)23-18-8-12-20(26-2)13-9-18)22-17-6-10-19(11-7-17)24-14-4-3-5-15-24/h6-13,16,22H,3-5,14-15H2,1-2H3,(H,23,25). The molecule has 3 rings (SSSR count). The number of nitrogens with zero attached hydrogens (tertiary/aromatic N) is 1. The molecule has 1 aliphatic rings. The fourth-order valence-corrected chi connectivity index (χ4v) is 3.16. The number of hydrogen-bond donors (Lipinski definition) is 2. The van der Waals surface area contributed by atoms with Crippen molar-refractivity contribution >= 4 is 23.0 Å². The third-order valence-corrected chi connectivity index (χ3v) is 4.72. The van der Waals surface area contributed by atoms with Gasteiger partial charge in [-0.3, -0.25) is 4.79 Å². The van der Waals surface area contributed by atoms with Crippen LogP contribution in [-0.2, 0) is 4.79 Å². The lowest BCUT2D eigenvalue weighted by Crippen LogP contribution is -2.32. The monoisotopic (exact) mass is 353 g/mol. The summed E-state index contributed by atoms with van der Waals surface area (Å²) in [4.78, 5) is 14.8. The average molecular weight is 353 g/mol. The molecule has 5 heteroatoms. The number of methoxy groups -OCH3 is 1. The molecule has 2 aromatic rings. The van der Waals surface area contributed by atoms with Gasteiger partial charge in [0.2, 0.25) is 5.91 Å².